The van der Waals surface area contributed by atoms with Gasteiger partial charge >= 0.3 is 0 Å². The maximum Gasteiger partial charge on any atom is 0.170 e. The fraction of sp³-hybridized carbons (Fsp3) is 1.00. The normalized spacial score (nSPS) is 13.2. The van der Waals surface area contributed by atoms with Crippen molar-refractivity contribution < 1.29 is 9.47 Å². The molecule has 28 heavy (non-hydrogen) atoms. The first kappa shape index (κ1) is 28.3. The van der Waals surface area contributed by atoms with E-state index in [4.69, 9.17) is 9.47 Å². The maximum atomic E-state index is 6.05. The molecule has 0 bridgehead atoms. The van der Waals surface area contributed by atoms with Gasteiger partial charge < -0.3 is 9.47 Å². The zero-order valence-corrected chi connectivity index (χ0v) is 20.7. The molecule has 2 nitrogen and oxygen atoms in total. The van der Waals surface area contributed by atoms with E-state index in [2.05, 4.69) is 26.5 Å². The van der Waals surface area contributed by atoms with E-state index in [9.17, 15) is 0 Å². The molecule has 0 aliphatic heterocycles. The monoisotopic (exact) mass is 416 g/mol. The van der Waals surface area contributed by atoms with Gasteiger partial charge in [-0.05, 0) is 31.4 Å². The second-order valence-electron chi connectivity index (χ2n) is 8.56. The standard InChI is InChI=1S/C25H52O2S/c1-5-7-9-11-13-14-16-18-22-25(26-3,27-4)24(21-19-23-28)20-17-15-12-10-8-6-2/h24,28H,5-23H2,1-4H3. The first-order valence-electron chi connectivity index (χ1n) is 12.4. The van der Waals surface area contributed by atoms with Gasteiger partial charge in [0.15, 0.2) is 5.79 Å². The van der Waals surface area contributed by atoms with Crippen LogP contribution in [-0.2, 0) is 9.47 Å². The highest BCUT2D eigenvalue weighted by atomic mass is 32.1. The number of methoxy groups -OCH3 is 2. The molecule has 170 valence electrons. The molecule has 0 fully saturated rings. The van der Waals surface area contributed by atoms with Crippen molar-refractivity contribution >= 4 is 12.6 Å². The van der Waals surface area contributed by atoms with Crippen LogP contribution >= 0.6 is 12.6 Å². The van der Waals surface area contributed by atoms with E-state index >= 15 is 0 Å². The van der Waals surface area contributed by atoms with Gasteiger partial charge in [-0.2, -0.15) is 12.6 Å². The Kier molecular flexibility index (Phi) is 20.7. The van der Waals surface area contributed by atoms with Crippen LogP contribution in [-0.4, -0.2) is 25.8 Å². The van der Waals surface area contributed by atoms with Gasteiger partial charge in [0.25, 0.3) is 0 Å². The summed E-state index contributed by atoms with van der Waals surface area (Å²) in [6.07, 6.45) is 23.4. The molecule has 3 heteroatoms. The summed E-state index contributed by atoms with van der Waals surface area (Å²) in [4.78, 5) is 0. The van der Waals surface area contributed by atoms with Gasteiger partial charge in [0.05, 0.1) is 0 Å². The number of rotatable bonds is 22. The molecule has 1 atom stereocenters. The highest BCUT2D eigenvalue weighted by molar-refractivity contribution is 7.80. The summed E-state index contributed by atoms with van der Waals surface area (Å²) < 4.78 is 12.1. The molecule has 0 aliphatic carbocycles. The molecule has 0 radical (unpaired) electrons. The highest BCUT2D eigenvalue weighted by Crippen LogP contribution is 2.36. The smallest absolute Gasteiger partial charge is 0.170 e. The Morgan fingerprint density at radius 3 is 1.50 bits per heavy atom. The van der Waals surface area contributed by atoms with Crippen molar-refractivity contribution in [3.8, 4) is 0 Å². The predicted molar refractivity (Wildman–Crippen MR) is 129 cm³/mol. The van der Waals surface area contributed by atoms with Crippen LogP contribution in [0.2, 0.25) is 0 Å². The van der Waals surface area contributed by atoms with Gasteiger partial charge in [0.1, 0.15) is 0 Å². The summed E-state index contributed by atoms with van der Waals surface area (Å²) in [5.74, 6) is 1.05. The number of thiol groups is 1. The second kappa shape index (κ2) is 20.5. The van der Waals surface area contributed by atoms with Crippen molar-refractivity contribution in [3.63, 3.8) is 0 Å². The molecule has 0 saturated heterocycles. The van der Waals surface area contributed by atoms with Crippen molar-refractivity contribution in [2.45, 2.75) is 135 Å². The summed E-state index contributed by atoms with van der Waals surface area (Å²) >= 11 is 4.45. The van der Waals surface area contributed by atoms with Crippen LogP contribution in [0.1, 0.15) is 129 Å². The Bertz CT molecular complexity index is 305. The first-order valence-corrected chi connectivity index (χ1v) is 13.0. The van der Waals surface area contributed by atoms with E-state index in [1.165, 1.54) is 96.3 Å². The fourth-order valence-corrected chi connectivity index (χ4v) is 4.61. The summed E-state index contributed by atoms with van der Waals surface area (Å²) in [5, 5.41) is 0. The molecule has 0 amide bonds. The summed E-state index contributed by atoms with van der Waals surface area (Å²) in [5.41, 5.74) is 0. The molecule has 0 N–H and O–H groups in total. The minimum Gasteiger partial charge on any atom is -0.353 e. The van der Waals surface area contributed by atoms with Crippen LogP contribution in [0.4, 0.5) is 0 Å². The van der Waals surface area contributed by atoms with Crippen molar-refractivity contribution in [2.75, 3.05) is 20.0 Å². The average molecular weight is 417 g/mol. The molecular formula is C25H52O2S. The lowest BCUT2D eigenvalue weighted by Crippen LogP contribution is -2.42. The van der Waals surface area contributed by atoms with E-state index in [1.807, 2.05) is 14.2 Å². The minimum atomic E-state index is -0.394. The van der Waals surface area contributed by atoms with Gasteiger partial charge in [0, 0.05) is 26.6 Å². The van der Waals surface area contributed by atoms with Crippen LogP contribution in [0, 0.1) is 5.92 Å². The number of hydrogen-bond acceptors (Lipinski definition) is 3. The maximum absolute atomic E-state index is 6.05. The third kappa shape index (κ3) is 13.5. The fourth-order valence-electron chi connectivity index (χ4n) is 4.42. The van der Waals surface area contributed by atoms with E-state index in [1.54, 1.807) is 0 Å². The molecule has 0 aromatic heterocycles. The molecule has 0 saturated carbocycles. The Balaban J connectivity index is 4.40. The van der Waals surface area contributed by atoms with E-state index in [0.717, 1.165) is 25.0 Å². The molecule has 0 aliphatic rings. The summed E-state index contributed by atoms with van der Waals surface area (Å²) in [6, 6.07) is 0. The first-order chi connectivity index (χ1) is 13.7. The number of unbranched alkanes of at least 4 members (excludes halogenated alkanes) is 12. The van der Waals surface area contributed by atoms with Gasteiger partial charge in [-0.15, -0.1) is 0 Å². The van der Waals surface area contributed by atoms with Gasteiger partial charge in [0.2, 0.25) is 0 Å². The van der Waals surface area contributed by atoms with E-state index < -0.39 is 5.79 Å². The quantitative estimate of drug-likeness (QED) is 0.108. The molecular weight excluding hydrogens is 364 g/mol. The third-order valence-corrected chi connectivity index (χ3v) is 6.62. The minimum absolute atomic E-state index is 0.394. The molecule has 0 aromatic carbocycles. The zero-order chi connectivity index (χ0) is 20.9. The van der Waals surface area contributed by atoms with Gasteiger partial charge in [-0.1, -0.05) is 97.3 Å². The van der Waals surface area contributed by atoms with Crippen LogP contribution in [0.5, 0.6) is 0 Å². The number of hydrogen-bond donors (Lipinski definition) is 1. The van der Waals surface area contributed by atoms with Crippen molar-refractivity contribution in [1.29, 1.82) is 0 Å². The Morgan fingerprint density at radius 1 is 0.607 bits per heavy atom. The lowest BCUT2D eigenvalue weighted by molar-refractivity contribution is -0.247. The van der Waals surface area contributed by atoms with Crippen LogP contribution < -0.4 is 0 Å². The van der Waals surface area contributed by atoms with Crippen molar-refractivity contribution in [2.24, 2.45) is 5.92 Å². The van der Waals surface area contributed by atoms with E-state index in [-0.39, 0.29) is 0 Å². The lowest BCUT2D eigenvalue weighted by atomic mass is 9.84. The SMILES string of the molecule is CCCCCCCCCCC(OC)(OC)C(CCCS)CCCCCCCC. The Labute approximate surface area is 183 Å². The highest BCUT2D eigenvalue weighted by Gasteiger charge is 2.37. The Hall–Kier alpha value is 0.270. The zero-order valence-electron chi connectivity index (χ0n) is 19.8. The molecule has 1 unspecified atom stereocenters. The van der Waals surface area contributed by atoms with Crippen LogP contribution in [0.15, 0.2) is 0 Å². The summed E-state index contributed by atoms with van der Waals surface area (Å²) in [6.45, 7) is 4.56. The van der Waals surface area contributed by atoms with Gasteiger partial charge in [-0.3, -0.25) is 0 Å². The number of ether oxygens (including phenoxy) is 2. The average Bonchev–Trinajstić information content (AvgIpc) is 2.72. The lowest BCUT2D eigenvalue weighted by Gasteiger charge is -2.39. The van der Waals surface area contributed by atoms with Crippen LogP contribution in [0.3, 0.4) is 0 Å². The molecule has 0 heterocycles. The Morgan fingerprint density at radius 2 is 1.04 bits per heavy atom. The molecule has 0 rings (SSSR count). The summed E-state index contributed by atoms with van der Waals surface area (Å²) in [7, 11) is 3.70. The van der Waals surface area contributed by atoms with Gasteiger partial charge in [-0.25, -0.2) is 0 Å². The predicted octanol–water partition coefficient (Wildman–Crippen LogP) is 8.58. The topological polar surface area (TPSA) is 18.5 Å². The largest absolute Gasteiger partial charge is 0.353 e. The molecule has 0 aromatic rings. The van der Waals surface area contributed by atoms with E-state index in [0.29, 0.717) is 5.92 Å². The second-order valence-corrected chi connectivity index (χ2v) is 9.01. The third-order valence-electron chi connectivity index (χ3n) is 6.31. The molecule has 0 spiro atoms. The van der Waals surface area contributed by atoms with Crippen molar-refractivity contribution in [1.82, 2.24) is 0 Å². The van der Waals surface area contributed by atoms with Crippen LogP contribution in [0.25, 0.3) is 0 Å². The van der Waals surface area contributed by atoms with Crippen molar-refractivity contribution in [3.05, 3.63) is 0 Å².